The Bertz CT molecular complexity index is 451. The Kier molecular flexibility index (Phi) is 10.2. The summed E-state index contributed by atoms with van der Waals surface area (Å²) in [6.07, 6.45) is 6.71. The van der Waals surface area contributed by atoms with Gasteiger partial charge in [-0.05, 0) is 19.1 Å². The van der Waals surface area contributed by atoms with E-state index in [-0.39, 0.29) is 36.4 Å². The molecule has 7 heteroatoms. The number of nitrogens with one attached hydrogen (secondary N) is 3. The van der Waals surface area contributed by atoms with Gasteiger partial charge in [0.1, 0.15) is 12.3 Å². The highest BCUT2D eigenvalue weighted by atomic mass is 127. The second kappa shape index (κ2) is 11.2. The Hall–Kier alpha value is -1.69. The average Bonchev–Trinajstić information content (AvgIpc) is 2.92. The Morgan fingerprint density at radius 2 is 2.25 bits per heavy atom. The fourth-order valence-corrected chi connectivity index (χ4v) is 1.28. The third kappa shape index (κ3) is 7.68. The molecule has 20 heavy (non-hydrogen) atoms. The lowest BCUT2D eigenvalue weighted by Crippen LogP contribution is -2.38. The van der Waals surface area contributed by atoms with Crippen LogP contribution < -0.4 is 16.0 Å². The average molecular weight is 390 g/mol. The van der Waals surface area contributed by atoms with Crippen molar-refractivity contribution in [2.24, 2.45) is 4.99 Å². The quantitative estimate of drug-likeness (QED) is 0.289. The standard InChI is InChI=1S/C13H18N4O2.HI/c1-3-7-15-13(14-4-2)17-10-12(18)16-9-11-6-5-8-19-11;/h1,5-6,8H,4,7,9-10H2,2H3,(H,16,18)(H2,14,15,17);1H. The van der Waals surface area contributed by atoms with Crippen LogP contribution in [0.25, 0.3) is 0 Å². The van der Waals surface area contributed by atoms with Gasteiger partial charge in [-0.25, -0.2) is 4.99 Å². The van der Waals surface area contributed by atoms with Gasteiger partial charge in [0.25, 0.3) is 0 Å². The summed E-state index contributed by atoms with van der Waals surface area (Å²) < 4.78 is 5.10. The van der Waals surface area contributed by atoms with Crippen LogP contribution in [0.4, 0.5) is 0 Å². The van der Waals surface area contributed by atoms with E-state index in [1.165, 1.54) is 0 Å². The maximum Gasteiger partial charge on any atom is 0.242 e. The van der Waals surface area contributed by atoms with E-state index < -0.39 is 0 Å². The number of carbonyl (C=O) groups excluding carboxylic acids is 1. The first kappa shape index (κ1) is 18.3. The van der Waals surface area contributed by atoms with Gasteiger partial charge in [-0.1, -0.05) is 5.92 Å². The van der Waals surface area contributed by atoms with Crippen LogP contribution in [-0.2, 0) is 11.3 Å². The highest BCUT2D eigenvalue weighted by Gasteiger charge is 2.02. The molecule has 0 aliphatic carbocycles. The molecule has 0 atom stereocenters. The minimum Gasteiger partial charge on any atom is -0.467 e. The molecule has 1 heterocycles. The lowest BCUT2D eigenvalue weighted by Gasteiger charge is -2.08. The molecule has 0 fully saturated rings. The summed E-state index contributed by atoms with van der Waals surface area (Å²) in [6, 6.07) is 3.56. The van der Waals surface area contributed by atoms with Crippen molar-refractivity contribution in [1.29, 1.82) is 0 Å². The van der Waals surface area contributed by atoms with Gasteiger partial charge in [0.15, 0.2) is 5.96 Å². The molecule has 0 saturated heterocycles. The second-order valence-corrected chi connectivity index (χ2v) is 3.61. The Morgan fingerprint density at radius 1 is 1.45 bits per heavy atom. The largest absolute Gasteiger partial charge is 0.467 e. The summed E-state index contributed by atoms with van der Waals surface area (Å²) in [4.78, 5) is 15.7. The van der Waals surface area contributed by atoms with E-state index in [9.17, 15) is 4.79 Å². The number of hydrogen-bond donors (Lipinski definition) is 3. The van der Waals surface area contributed by atoms with Gasteiger partial charge in [0.2, 0.25) is 5.91 Å². The van der Waals surface area contributed by atoms with Crippen LogP contribution in [0, 0.1) is 12.3 Å². The van der Waals surface area contributed by atoms with Crippen LogP contribution in [0.15, 0.2) is 27.8 Å². The number of aliphatic imine (C=N–C) groups is 1. The molecule has 1 amide bonds. The van der Waals surface area contributed by atoms with Crippen molar-refractivity contribution >= 4 is 35.8 Å². The normalized spacial score (nSPS) is 10.1. The molecule has 0 saturated carbocycles. The van der Waals surface area contributed by atoms with Crippen molar-refractivity contribution in [3.63, 3.8) is 0 Å². The summed E-state index contributed by atoms with van der Waals surface area (Å²) in [5.41, 5.74) is 0. The predicted molar refractivity (Wildman–Crippen MR) is 88.8 cm³/mol. The highest BCUT2D eigenvalue weighted by molar-refractivity contribution is 14.0. The monoisotopic (exact) mass is 390 g/mol. The van der Waals surface area contributed by atoms with Gasteiger partial charge >= 0.3 is 0 Å². The van der Waals surface area contributed by atoms with Crippen molar-refractivity contribution in [2.75, 3.05) is 19.6 Å². The molecule has 1 aromatic rings. The number of hydrogen-bond acceptors (Lipinski definition) is 3. The van der Waals surface area contributed by atoms with E-state index in [4.69, 9.17) is 10.8 Å². The fraction of sp³-hybridized carbons (Fsp3) is 0.385. The molecule has 1 rings (SSSR count). The molecular formula is C13H19IN4O2. The molecule has 0 aromatic carbocycles. The zero-order valence-electron chi connectivity index (χ0n) is 11.3. The minimum atomic E-state index is -0.186. The lowest BCUT2D eigenvalue weighted by molar-refractivity contribution is -0.119. The molecule has 0 spiro atoms. The molecule has 0 aliphatic rings. The van der Waals surface area contributed by atoms with Crippen molar-refractivity contribution in [2.45, 2.75) is 13.5 Å². The molecule has 0 aliphatic heterocycles. The van der Waals surface area contributed by atoms with Crippen molar-refractivity contribution in [3.05, 3.63) is 24.2 Å². The van der Waals surface area contributed by atoms with Crippen molar-refractivity contribution < 1.29 is 9.21 Å². The first-order valence-corrected chi connectivity index (χ1v) is 6.01. The molecular weight excluding hydrogens is 371 g/mol. The van der Waals surface area contributed by atoms with Crippen LogP contribution >= 0.6 is 24.0 Å². The summed E-state index contributed by atoms with van der Waals surface area (Å²) in [6.45, 7) is 3.38. The zero-order valence-corrected chi connectivity index (χ0v) is 13.6. The predicted octanol–water partition coefficient (Wildman–Crippen LogP) is 0.702. The highest BCUT2D eigenvalue weighted by Crippen LogP contribution is 1.98. The number of carbonyl (C=O) groups is 1. The Balaban J connectivity index is 0.00000361. The zero-order chi connectivity index (χ0) is 13.9. The van der Waals surface area contributed by atoms with Crippen LogP contribution in [0.1, 0.15) is 12.7 Å². The number of rotatable bonds is 6. The van der Waals surface area contributed by atoms with Gasteiger partial charge < -0.3 is 20.4 Å². The maximum absolute atomic E-state index is 11.6. The van der Waals surface area contributed by atoms with Gasteiger partial charge in [-0.2, -0.15) is 0 Å². The van der Waals surface area contributed by atoms with Crippen LogP contribution in [-0.4, -0.2) is 31.5 Å². The van der Waals surface area contributed by atoms with Gasteiger partial charge in [0.05, 0.1) is 19.4 Å². The van der Waals surface area contributed by atoms with Gasteiger partial charge in [0, 0.05) is 6.54 Å². The molecule has 0 bridgehead atoms. The third-order valence-corrected chi connectivity index (χ3v) is 2.12. The molecule has 110 valence electrons. The number of terminal acetylenes is 1. The molecule has 0 radical (unpaired) electrons. The summed E-state index contributed by atoms with van der Waals surface area (Å²) >= 11 is 0. The van der Waals surface area contributed by atoms with Gasteiger partial charge in [-0.3, -0.25) is 4.79 Å². The van der Waals surface area contributed by atoms with Gasteiger partial charge in [-0.15, -0.1) is 30.4 Å². The van der Waals surface area contributed by atoms with E-state index in [0.29, 0.717) is 31.4 Å². The maximum atomic E-state index is 11.6. The Labute approximate surface area is 135 Å². The first-order valence-electron chi connectivity index (χ1n) is 6.01. The third-order valence-electron chi connectivity index (χ3n) is 2.12. The number of guanidine groups is 1. The molecule has 6 nitrogen and oxygen atoms in total. The summed E-state index contributed by atoms with van der Waals surface area (Å²) in [5, 5.41) is 8.59. The molecule has 0 unspecified atom stereocenters. The van der Waals surface area contributed by atoms with E-state index >= 15 is 0 Å². The minimum absolute atomic E-state index is 0. The summed E-state index contributed by atoms with van der Waals surface area (Å²) in [5.74, 6) is 3.48. The van der Waals surface area contributed by atoms with Crippen LogP contribution in [0.5, 0.6) is 0 Å². The smallest absolute Gasteiger partial charge is 0.242 e. The number of halogens is 1. The second-order valence-electron chi connectivity index (χ2n) is 3.61. The van der Waals surface area contributed by atoms with E-state index in [1.807, 2.05) is 6.92 Å². The number of nitrogens with zero attached hydrogens (tertiary/aromatic N) is 1. The van der Waals surface area contributed by atoms with Crippen LogP contribution in [0.2, 0.25) is 0 Å². The number of furan rings is 1. The van der Waals surface area contributed by atoms with Crippen LogP contribution in [0.3, 0.4) is 0 Å². The SMILES string of the molecule is C#CCNC(=NCC(=O)NCc1ccco1)NCC.I. The van der Waals surface area contributed by atoms with Crippen molar-refractivity contribution in [3.8, 4) is 12.3 Å². The van der Waals surface area contributed by atoms with Crippen molar-refractivity contribution in [1.82, 2.24) is 16.0 Å². The van der Waals surface area contributed by atoms with E-state index in [0.717, 1.165) is 0 Å². The molecule has 1 aromatic heterocycles. The first-order chi connectivity index (χ1) is 9.26. The molecule has 3 N–H and O–H groups in total. The fourth-order valence-electron chi connectivity index (χ4n) is 1.28. The van der Waals surface area contributed by atoms with E-state index in [2.05, 4.69) is 26.9 Å². The lowest BCUT2D eigenvalue weighted by atomic mass is 10.4. The Morgan fingerprint density at radius 3 is 2.85 bits per heavy atom. The topological polar surface area (TPSA) is 78.7 Å². The van der Waals surface area contributed by atoms with E-state index in [1.54, 1.807) is 18.4 Å². The summed E-state index contributed by atoms with van der Waals surface area (Å²) in [7, 11) is 0. The number of amides is 1.